The van der Waals surface area contributed by atoms with Gasteiger partial charge in [-0.2, -0.15) is 0 Å². The molecule has 0 radical (unpaired) electrons. The van der Waals surface area contributed by atoms with Crippen LogP contribution in [0.2, 0.25) is 0 Å². The molecule has 3 nitrogen and oxygen atoms in total. The maximum absolute atomic E-state index is 12.0. The highest BCUT2D eigenvalue weighted by molar-refractivity contribution is 5.96. The van der Waals surface area contributed by atoms with Crippen molar-refractivity contribution in [3.8, 4) is 0 Å². The maximum atomic E-state index is 12.0. The van der Waals surface area contributed by atoms with Crippen LogP contribution >= 0.6 is 0 Å². The lowest BCUT2D eigenvalue weighted by Gasteiger charge is -2.03. The normalized spacial score (nSPS) is 10.1. The van der Waals surface area contributed by atoms with Gasteiger partial charge in [0.2, 0.25) is 0 Å². The van der Waals surface area contributed by atoms with Gasteiger partial charge in [0.05, 0.1) is 0 Å². The number of nitrogens with zero attached hydrogens (tertiary/aromatic N) is 2. The van der Waals surface area contributed by atoms with E-state index in [9.17, 15) is 4.79 Å². The first-order valence-electron chi connectivity index (χ1n) is 5.11. The van der Waals surface area contributed by atoms with Gasteiger partial charge in [0.15, 0.2) is 5.78 Å². The van der Waals surface area contributed by atoms with Gasteiger partial charge in [-0.3, -0.25) is 14.8 Å². The quantitative estimate of drug-likeness (QED) is 0.732. The third kappa shape index (κ3) is 2.31. The zero-order valence-electron chi connectivity index (χ0n) is 9.05. The number of ketones is 1. The molecule has 0 fully saturated rings. The van der Waals surface area contributed by atoms with Crippen molar-refractivity contribution in [3.05, 3.63) is 59.7 Å². The number of Topliss-reactive ketones (excluding diaryl/α,β-unsaturated/α-hetero) is 1. The van der Waals surface area contributed by atoms with E-state index in [1.54, 1.807) is 18.6 Å². The predicted octanol–water partition coefficient (Wildman–Crippen LogP) is 2.21. The van der Waals surface area contributed by atoms with Crippen molar-refractivity contribution in [1.29, 1.82) is 0 Å². The van der Waals surface area contributed by atoms with Gasteiger partial charge in [-0.15, -0.1) is 0 Å². The minimum atomic E-state index is 0.0456. The second-order valence-electron chi connectivity index (χ2n) is 3.62. The summed E-state index contributed by atoms with van der Waals surface area (Å²) in [6.45, 7) is 1.90. The highest BCUT2D eigenvalue weighted by atomic mass is 16.1. The first-order valence-corrected chi connectivity index (χ1v) is 5.11. The van der Waals surface area contributed by atoms with Crippen LogP contribution in [-0.4, -0.2) is 15.8 Å². The van der Waals surface area contributed by atoms with Crippen LogP contribution < -0.4 is 0 Å². The summed E-state index contributed by atoms with van der Waals surface area (Å²) in [6, 6.07) is 7.41. The van der Waals surface area contributed by atoms with E-state index in [2.05, 4.69) is 9.97 Å². The molecule has 0 aromatic carbocycles. The van der Waals surface area contributed by atoms with Crippen molar-refractivity contribution in [1.82, 2.24) is 9.97 Å². The summed E-state index contributed by atoms with van der Waals surface area (Å²) in [5.74, 6) is 0.0456. The fourth-order valence-electron chi connectivity index (χ4n) is 1.55. The van der Waals surface area contributed by atoms with Crippen molar-refractivity contribution in [2.45, 2.75) is 13.3 Å². The molecule has 0 unspecified atom stereocenters. The van der Waals surface area contributed by atoms with Crippen molar-refractivity contribution in [3.63, 3.8) is 0 Å². The average molecular weight is 212 g/mol. The van der Waals surface area contributed by atoms with Crippen molar-refractivity contribution >= 4 is 5.78 Å². The number of aryl methyl sites for hydroxylation is 1. The Labute approximate surface area is 94.2 Å². The molecule has 3 heteroatoms. The monoisotopic (exact) mass is 212 g/mol. The van der Waals surface area contributed by atoms with Crippen LogP contribution in [0.1, 0.15) is 21.6 Å². The van der Waals surface area contributed by atoms with Crippen LogP contribution in [0.25, 0.3) is 0 Å². The van der Waals surface area contributed by atoms with Crippen LogP contribution in [0.3, 0.4) is 0 Å². The van der Waals surface area contributed by atoms with Gasteiger partial charge in [-0.05, 0) is 36.2 Å². The summed E-state index contributed by atoms with van der Waals surface area (Å²) in [5.41, 5.74) is 2.44. The summed E-state index contributed by atoms with van der Waals surface area (Å²) >= 11 is 0. The minimum Gasteiger partial charge on any atom is -0.292 e. The second-order valence-corrected chi connectivity index (χ2v) is 3.62. The van der Waals surface area contributed by atoms with Crippen LogP contribution in [0.5, 0.6) is 0 Å². The molecule has 0 atom stereocenters. The fourth-order valence-corrected chi connectivity index (χ4v) is 1.55. The van der Waals surface area contributed by atoms with E-state index in [-0.39, 0.29) is 5.78 Å². The Kier molecular flexibility index (Phi) is 3.05. The molecule has 0 aliphatic rings. The summed E-state index contributed by atoms with van der Waals surface area (Å²) in [5, 5.41) is 0. The smallest absolute Gasteiger partial charge is 0.185 e. The lowest BCUT2D eigenvalue weighted by Crippen LogP contribution is -2.07. The number of hydrogen-bond donors (Lipinski definition) is 0. The lowest BCUT2D eigenvalue weighted by atomic mass is 10.1. The number of rotatable bonds is 3. The SMILES string of the molecule is Cc1cccnc1C(=O)Cc1ccncc1. The molecule has 0 aliphatic carbocycles. The van der Waals surface area contributed by atoms with E-state index in [1.165, 1.54) is 0 Å². The van der Waals surface area contributed by atoms with Crippen LogP contribution in [0.4, 0.5) is 0 Å². The van der Waals surface area contributed by atoms with Crippen molar-refractivity contribution in [2.24, 2.45) is 0 Å². The molecule has 16 heavy (non-hydrogen) atoms. The summed E-state index contributed by atoms with van der Waals surface area (Å²) in [4.78, 5) is 20.0. The molecule has 2 rings (SSSR count). The van der Waals surface area contributed by atoms with Gasteiger partial charge in [-0.25, -0.2) is 0 Å². The Balaban J connectivity index is 2.19. The topological polar surface area (TPSA) is 42.9 Å². The summed E-state index contributed by atoms with van der Waals surface area (Å²) in [6.07, 6.45) is 5.40. The molecule has 0 saturated carbocycles. The number of hydrogen-bond acceptors (Lipinski definition) is 3. The number of pyridine rings is 2. The molecule has 80 valence electrons. The van der Waals surface area contributed by atoms with Gasteiger partial charge in [-0.1, -0.05) is 6.07 Å². The van der Waals surface area contributed by atoms with Crippen LogP contribution in [0, 0.1) is 6.92 Å². The van der Waals surface area contributed by atoms with E-state index >= 15 is 0 Å². The molecule has 2 aromatic rings. The van der Waals surface area contributed by atoms with Gasteiger partial charge < -0.3 is 0 Å². The van der Waals surface area contributed by atoms with Crippen LogP contribution in [-0.2, 0) is 6.42 Å². The molecular weight excluding hydrogens is 200 g/mol. The molecule has 0 aliphatic heterocycles. The van der Waals surface area contributed by atoms with Gasteiger partial charge in [0.1, 0.15) is 5.69 Å². The van der Waals surface area contributed by atoms with Crippen molar-refractivity contribution in [2.75, 3.05) is 0 Å². The third-order valence-corrected chi connectivity index (χ3v) is 2.39. The summed E-state index contributed by atoms with van der Waals surface area (Å²) < 4.78 is 0. The zero-order chi connectivity index (χ0) is 11.4. The van der Waals surface area contributed by atoms with Gasteiger partial charge in [0.25, 0.3) is 0 Å². The molecule has 0 spiro atoms. The van der Waals surface area contributed by atoms with E-state index in [0.717, 1.165) is 11.1 Å². The van der Waals surface area contributed by atoms with Crippen LogP contribution in [0.15, 0.2) is 42.9 Å². The second kappa shape index (κ2) is 4.66. The molecule has 2 heterocycles. The fraction of sp³-hybridized carbons (Fsp3) is 0.154. The molecule has 0 saturated heterocycles. The maximum Gasteiger partial charge on any atom is 0.185 e. The molecular formula is C13H12N2O. The molecule has 2 aromatic heterocycles. The van der Waals surface area contributed by atoms with E-state index in [1.807, 2.05) is 31.2 Å². The molecule has 0 bridgehead atoms. The van der Waals surface area contributed by atoms with E-state index < -0.39 is 0 Å². The Morgan fingerprint density at radius 3 is 2.62 bits per heavy atom. The average Bonchev–Trinajstić information content (AvgIpc) is 2.31. The largest absolute Gasteiger partial charge is 0.292 e. The first-order chi connectivity index (χ1) is 7.77. The third-order valence-electron chi connectivity index (χ3n) is 2.39. The van der Waals surface area contributed by atoms with E-state index in [0.29, 0.717) is 12.1 Å². The zero-order valence-corrected chi connectivity index (χ0v) is 9.05. The van der Waals surface area contributed by atoms with E-state index in [4.69, 9.17) is 0 Å². The lowest BCUT2D eigenvalue weighted by molar-refractivity contribution is 0.0987. The Hall–Kier alpha value is -2.03. The van der Waals surface area contributed by atoms with Gasteiger partial charge in [0, 0.05) is 25.0 Å². The first kappa shape index (κ1) is 10.5. The number of carbonyl (C=O) groups is 1. The van der Waals surface area contributed by atoms with Crippen molar-refractivity contribution < 1.29 is 4.79 Å². The Morgan fingerprint density at radius 1 is 1.19 bits per heavy atom. The highest BCUT2D eigenvalue weighted by Crippen LogP contribution is 2.08. The number of aromatic nitrogens is 2. The number of carbonyl (C=O) groups excluding carboxylic acids is 1. The Bertz CT molecular complexity index is 494. The minimum absolute atomic E-state index is 0.0456. The summed E-state index contributed by atoms with van der Waals surface area (Å²) in [7, 11) is 0. The Morgan fingerprint density at radius 2 is 1.94 bits per heavy atom. The highest BCUT2D eigenvalue weighted by Gasteiger charge is 2.10. The molecule has 0 N–H and O–H groups in total. The standard InChI is InChI=1S/C13H12N2O/c1-10-3-2-6-15-13(10)12(16)9-11-4-7-14-8-5-11/h2-8H,9H2,1H3. The predicted molar refractivity (Wildman–Crippen MR) is 61.2 cm³/mol. The van der Waals surface area contributed by atoms with Gasteiger partial charge >= 0.3 is 0 Å². The molecule has 0 amide bonds.